The summed E-state index contributed by atoms with van der Waals surface area (Å²) in [5.74, 6) is 2.19. The van der Waals surface area contributed by atoms with Crippen LogP contribution in [0.15, 0.2) is 18.2 Å². The summed E-state index contributed by atoms with van der Waals surface area (Å²) in [6.07, 6.45) is 2.07. The van der Waals surface area contributed by atoms with Crippen molar-refractivity contribution in [2.75, 3.05) is 5.32 Å². The molecule has 1 aliphatic rings. The van der Waals surface area contributed by atoms with Gasteiger partial charge in [0.15, 0.2) is 5.82 Å². The molecule has 2 heterocycles. The number of hydrogen-bond acceptors (Lipinski definition) is 3. The standard InChI is InChI=1S/C17H23N5O/c1-11(2)13-7-4-6-12(3)16(13)19-17(23)18-10-15-21-20-14-8-5-9-22(14)15/h4,6-7,11H,5,8-10H2,1-3H3,(H2,18,19,23). The number of nitrogens with zero attached hydrogens (tertiary/aromatic N) is 3. The Morgan fingerprint density at radius 1 is 1.35 bits per heavy atom. The van der Waals surface area contributed by atoms with Gasteiger partial charge in [0.05, 0.1) is 6.54 Å². The van der Waals surface area contributed by atoms with Gasteiger partial charge in [0.1, 0.15) is 5.82 Å². The van der Waals surface area contributed by atoms with E-state index in [0.29, 0.717) is 12.5 Å². The van der Waals surface area contributed by atoms with Gasteiger partial charge in [-0.2, -0.15) is 0 Å². The lowest BCUT2D eigenvalue weighted by Crippen LogP contribution is -2.30. The number of rotatable bonds is 4. The van der Waals surface area contributed by atoms with E-state index in [1.54, 1.807) is 0 Å². The maximum atomic E-state index is 12.3. The SMILES string of the molecule is Cc1cccc(C(C)C)c1NC(=O)NCc1nnc2n1CCC2. The van der Waals surface area contributed by atoms with Gasteiger partial charge in [-0.25, -0.2) is 4.79 Å². The number of fused-ring (bicyclic) bond motifs is 1. The number of carbonyl (C=O) groups is 1. The van der Waals surface area contributed by atoms with E-state index in [2.05, 4.69) is 45.3 Å². The highest BCUT2D eigenvalue weighted by molar-refractivity contribution is 5.91. The molecule has 1 aromatic heterocycles. The number of amides is 2. The topological polar surface area (TPSA) is 71.8 Å². The fourth-order valence-electron chi connectivity index (χ4n) is 3.00. The van der Waals surface area contributed by atoms with Gasteiger partial charge in [-0.1, -0.05) is 32.0 Å². The average molecular weight is 313 g/mol. The lowest BCUT2D eigenvalue weighted by molar-refractivity contribution is 0.251. The third kappa shape index (κ3) is 3.21. The minimum absolute atomic E-state index is 0.212. The van der Waals surface area contributed by atoms with Crippen LogP contribution in [0.4, 0.5) is 10.5 Å². The highest BCUT2D eigenvalue weighted by Crippen LogP contribution is 2.27. The number of anilines is 1. The van der Waals surface area contributed by atoms with E-state index in [-0.39, 0.29) is 6.03 Å². The van der Waals surface area contributed by atoms with Gasteiger partial charge in [0, 0.05) is 18.7 Å². The molecule has 0 aliphatic carbocycles. The first-order valence-electron chi connectivity index (χ1n) is 8.11. The molecule has 0 bridgehead atoms. The quantitative estimate of drug-likeness (QED) is 0.911. The number of aromatic nitrogens is 3. The van der Waals surface area contributed by atoms with Crippen LogP contribution in [0.2, 0.25) is 0 Å². The summed E-state index contributed by atoms with van der Waals surface area (Å²) >= 11 is 0. The Kier molecular flexibility index (Phi) is 4.32. The third-order valence-electron chi connectivity index (χ3n) is 4.26. The minimum atomic E-state index is -0.212. The second-order valence-corrected chi connectivity index (χ2v) is 6.29. The molecule has 0 spiro atoms. The van der Waals surface area contributed by atoms with Gasteiger partial charge in [0.25, 0.3) is 0 Å². The number of nitrogens with one attached hydrogen (secondary N) is 2. The van der Waals surface area contributed by atoms with Crippen LogP contribution in [0.25, 0.3) is 0 Å². The number of para-hydroxylation sites is 1. The van der Waals surface area contributed by atoms with Crippen LogP contribution >= 0.6 is 0 Å². The summed E-state index contributed by atoms with van der Waals surface area (Å²) in [7, 11) is 0. The predicted molar refractivity (Wildman–Crippen MR) is 89.5 cm³/mol. The normalized spacial score (nSPS) is 13.2. The Balaban J connectivity index is 1.66. The summed E-state index contributed by atoms with van der Waals surface area (Å²) in [4.78, 5) is 12.3. The molecule has 0 atom stereocenters. The second-order valence-electron chi connectivity index (χ2n) is 6.29. The Hall–Kier alpha value is -2.37. The molecule has 3 rings (SSSR count). The number of benzene rings is 1. The van der Waals surface area contributed by atoms with Crippen molar-refractivity contribution in [1.82, 2.24) is 20.1 Å². The molecule has 0 fully saturated rings. The third-order valence-corrected chi connectivity index (χ3v) is 4.26. The maximum absolute atomic E-state index is 12.3. The zero-order valence-corrected chi connectivity index (χ0v) is 13.9. The van der Waals surface area contributed by atoms with Crippen LogP contribution in [-0.2, 0) is 19.5 Å². The van der Waals surface area contributed by atoms with Crippen molar-refractivity contribution < 1.29 is 4.79 Å². The van der Waals surface area contributed by atoms with Crippen molar-refractivity contribution >= 4 is 11.7 Å². The van der Waals surface area contributed by atoms with Gasteiger partial charge in [-0.3, -0.25) is 0 Å². The van der Waals surface area contributed by atoms with Crippen molar-refractivity contribution in [2.24, 2.45) is 0 Å². The van der Waals surface area contributed by atoms with Gasteiger partial charge >= 0.3 is 6.03 Å². The van der Waals surface area contributed by atoms with Crippen molar-refractivity contribution in [2.45, 2.75) is 52.6 Å². The Morgan fingerprint density at radius 2 is 2.17 bits per heavy atom. The summed E-state index contributed by atoms with van der Waals surface area (Å²) in [5, 5.41) is 14.2. The first-order valence-corrected chi connectivity index (χ1v) is 8.11. The average Bonchev–Trinajstić information content (AvgIpc) is 3.10. The first-order chi connectivity index (χ1) is 11.1. The van der Waals surface area contributed by atoms with Gasteiger partial charge in [-0.15, -0.1) is 10.2 Å². The molecule has 0 radical (unpaired) electrons. The molecule has 1 aromatic carbocycles. The lowest BCUT2D eigenvalue weighted by atomic mass is 9.98. The van der Waals surface area contributed by atoms with Crippen LogP contribution < -0.4 is 10.6 Å². The molecule has 122 valence electrons. The molecule has 2 amide bonds. The van der Waals surface area contributed by atoms with E-state index in [0.717, 1.165) is 47.8 Å². The van der Waals surface area contributed by atoms with Crippen LogP contribution in [0, 0.1) is 6.92 Å². The second kappa shape index (κ2) is 6.40. The molecule has 1 aliphatic heterocycles. The minimum Gasteiger partial charge on any atom is -0.331 e. The molecule has 6 heteroatoms. The predicted octanol–water partition coefficient (Wildman–Crippen LogP) is 2.98. The zero-order chi connectivity index (χ0) is 16.4. The smallest absolute Gasteiger partial charge is 0.319 e. The fourth-order valence-corrected chi connectivity index (χ4v) is 3.00. The van der Waals surface area contributed by atoms with Crippen LogP contribution in [0.1, 0.15) is 49.0 Å². The number of urea groups is 1. The molecule has 2 N–H and O–H groups in total. The van der Waals surface area contributed by atoms with Gasteiger partial charge < -0.3 is 15.2 Å². The summed E-state index contributed by atoms with van der Waals surface area (Å²) in [6, 6.07) is 5.87. The summed E-state index contributed by atoms with van der Waals surface area (Å²) < 4.78 is 2.09. The highest BCUT2D eigenvalue weighted by Gasteiger charge is 2.18. The Labute approximate surface area is 136 Å². The van der Waals surface area contributed by atoms with Crippen LogP contribution in [-0.4, -0.2) is 20.8 Å². The Bertz CT molecular complexity index is 720. The highest BCUT2D eigenvalue weighted by atomic mass is 16.2. The zero-order valence-electron chi connectivity index (χ0n) is 13.9. The molecule has 23 heavy (non-hydrogen) atoms. The molecular weight excluding hydrogens is 290 g/mol. The number of hydrogen-bond donors (Lipinski definition) is 2. The van der Waals surface area contributed by atoms with Crippen molar-refractivity contribution in [1.29, 1.82) is 0 Å². The van der Waals surface area contributed by atoms with Gasteiger partial charge in [-0.05, 0) is 30.4 Å². The van der Waals surface area contributed by atoms with E-state index < -0.39 is 0 Å². The van der Waals surface area contributed by atoms with Crippen LogP contribution in [0.3, 0.4) is 0 Å². The number of aryl methyl sites for hydroxylation is 2. The van der Waals surface area contributed by atoms with Crippen molar-refractivity contribution in [3.63, 3.8) is 0 Å². The summed E-state index contributed by atoms with van der Waals surface area (Å²) in [6.45, 7) is 7.58. The van der Waals surface area contributed by atoms with E-state index in [4.69, 9.17) is 0 Å². The van der Waals surface area contributed by atoms with E-state index in [9.17, 15) is 4.79 Å². The molecule has 0 saturated heterocycles. The lowest BCUT2D eigenvalue weighted by Gasteiger charge is -2.16. The van der Waals surface area contributed by atoms with Crippen molar-refractivity contribution in [3.8, 4) is 0 Å². The molecule has 0 saturated carbocycles. The molecular formula is C17H23N5O. The maximum Gasteiger partial charge on any atom is 0.319 e. The van der Waals surface area contributed by atoms with Gasteiger partial charge in [0.2, 0.25) is 0 Å². The molecule has 2 aromatic rings. The monoisotopic (exact) mass is 313 g/mol. The molecule has 6 nitrogen and oxygen atoms in total. The Morgan fingerprint density at radius 3 is 2.96 bits per heavy atom. The number of carbonyl (C=O) groups excluding carboxylic acids is 1. The largest absolute Gasteiger partial charge is 0.331 e. The van der Waals surface area contributed by atoms with E-state index >= 15 is 0 Å². The summed E-state index contributed by atoms with van der Waals surface area (Å²) in [5.41, 5.74) is 3.10. The van der Waals surface area contributed by atoms with Crippen LogP contribution in [0.5, 0.6) is 0 Å². The molecule has 0 unspecified atom stereocenters. The van der Waals surface area contributed by atoms with E-state index in [1.807, 2.05) is 19.1 Å². The first kappa shape index (κ1) is 15.5. The fraction of sp³-hybridized carbons (Fsp3) is 0.471. The van der Waals surface area contributed by atoms with Crippen molar-refractivity contribution in [3.05, 3.63) is 41.0 Å². The van der Waals surface area contributed by atoms with E-state index in [1.165, 1.54) is 0 Å².